The molecule has 0 saturated heterocycles. The number of hydrogen-bond donors (Lipinski definition) is 1. The van der Waals surface area contributed by atoms with E-state index in [0.29, 0.717) is 10.2 Å². The highest BCUT2D eigenvalue weighted by atomic mass is 32.1. The van der Waals surface area contributed by atoms with E-state index < -0.39 is 28.1 Å². The average molecular weight is 368 g/mol. The summed E-state index contributed by atoms with van der Waals surface area (Å²) < 4.78 is 41.4. The lowest BCUT2D eigenvalue weighted by Gasteiger charge is -2.28. The summed E-state index contributed by atoms with van der Waals surface area (Å²) in [7, 11) is 0. The van der Waals surface area contributed by atoms with E-state index in [1.165, 1.54) is 12.1 Å². The summed E-state index contributed by atoms with van der Waals surface area (Å²) in [6, 6.07) is 11.1. The van der Waals surface area contributed by atoms with Gasteiger partial charge in [0, 0.05) is 18.6 Å². The molecule has 1 aromatic heterocycles. The maximum absolute atomic E-state index is 13.6. The number of aromatic nitrogens is 1. The highest BCUT2D eigenvalue weighted by Crippen LogP contribution is 2.44. The van der Waals surface area contributed by atoms with Crippen molar-refractivity contribution in [1.82, 2.24) is 4.98 Å². The van der Waals surface area contributed by atoms with Gasteiger partial charge in [0.25, 0.3) is 5.69 Å². The normalized spacial score (nSPS) is 14.4. The number of alkyl halides is 3. The average Bonchev–Trinajstić information content (AvgIpc) is 2.98. The van der Waals surface area contributed by atoms with Crippen LogP contribution in [-0.4, -0.2) is 21.2 Å². The Bertz CT molecular complexity index is 891. The molecule has 0 aliphatic rings. The Morgan fingerprint density at radius 3 is 2.32 bits per heavy atom. The fraction of sp³-hybridized carbons (Fsp3) is 0.188. The molecule has 0 saturated carbocycles. The lowest BCUT2D eigenvalue weighted by molar-refractivity contribution is -0.384. The highest BCUT2D eigenvalue weighted by molar-refractivity contribution is 7.18. The summed E-state index contributed by atoms with van der Waals surface area (Å²) in [6.45, 7) is 0. The molecule has 0 spiro atoms. The van der Waals surface area contributed by atoms with E-state index in [4.69, 9.17) is 0 Å². The Morgan fingerprint density at radius 2 is 1.76 bits per heavy atom. The summed E-state index contributed by atoms with van der Waals surface area (Å²) in [5, 5.41) is 20.6. The fourth-order valence-corrected chi connectivity index (χ4v) is 3.45. The molecule has 1 unspecified atom stereocenters. The van der Waals surface area contributed by atoms with Gasteiger partial charge in [0.05, 0.1) is 15.1 Å². The molecule has 130 valence electrons. The van der Waals surface area contributed by atoms with E-state index in [2.05, 4.69) is 4.98 Å². The molecule has 0 bridgehead atoms. The molecule has 0 radical (unpaired) electrons. The Balaban J connectivity index is 2.02. The number of halogens is 3. The summed E-state index contributed by atoms with van der Waals surface area (Å²) in [6.07, 6.45) is -5.74. The third kappa shape index (κ3) is 3.20. The number of benzene rings is 2. The van der Waals surface area contributed by atoms with Crippen molar-refractivity contribution in [3.63, 3.8) is 0 Å². The Morgan fingerprint density at radius 1 is 1.12 bits per heavy atom. The number of rotatable bonds is 4. The minimum Gasteiger partial charge on any atom is -0.374 e. The van der Waals surface area contributed by atoms with Gasteiger partial charge in [0.1, 0.15) is 5.01 Å². The molecule has 0 aliphatic heterocycles. The van der Waals surface area contributed by atoms with Crippen molar-refractivity contribution in [2.24, 2.45) is 0 Å². The maximum Gasteiger partial charge on any atom is 0.424 e. The summed E-state index contributed by atoms with van der Waals surface area (Å²) in [5.41, 5.74) is -2.93. The van der Waals surface area contributed by atoms with Crippen molar-refractivity contribution in [2.45, 2.75) is 18.2 Å². The molecule has 3 rings (SSSR count). The van der Waals surface area contributed by atoms with Crippen LogP contribution >= 0.6 is 11.3 Å². The van der Waals surface area contributed by atoms with Crippen LogP contribution in [0.1, 0.15) is 10.6 Å². The molecule has 1 atom stereocenters. The molecule has 0 aliphatic carbocycles. The molecular weight excluding hydrogens is 357 g/mol. The van der Waals surface area contributed by atoms with Crippen molar-refractivity contribution in [1.29, 1.82) is 0 Å². The van der Waals surface area contributed by atoms with E-state index in [1.54, 1.807) is 24.3 Å². The topological polar surface area (TPSA) is 76.3 Å². The Kier molecular flexibility index (Phi) is 4.21. The number of non-ortho nitro benzene ring substituents is 1. The van der Waals surface area contributed by atoms with E-state index in [0.717, 1.165) is 23.5 Å². The van der Waals surface area contributed by atoms with Gasteiger partial charge in [-0.3, -0.25) is 10.1 Å². The number of para-hydroxylation sites is 1. The third-order valence-corrected chi connectivity index (χ3v) is 4.91. The van der Waals surface area contributed by atoms with E-state index >= 15 is 0 Å². The predicted molar refractivity (Wildman–Crippen MR) is 86.4 cm³/mol. The smallest absolute Gasteiger partial charge is 0.374 e. The van der Waals surface area contributed by atoms with Crippen LogP contribution in [0, 0.1) is 10.1 Å². The molecule has 3 aromatic rings. The number of aliphatic hydroxyl groups is 1. The van der Waals surface area contributed by atoms with Crippen LogP contribution < -0.4 is 0 Å². The fourth-order valence-electron chi connectivity index (χ4n) is 2.38. The Hall–Kier alpha value is -2.52. The maximum atomic E-state index is 13.6. The molecule has 1 N–H and O–H groups in total. The first kappa shape index (κ1) is 17.3. The molecule has 5 nitrogen and oxygen atoms in total. The Labute approximate surface area is 143 Å². The monoisotopic (exact) mass is 368 g/mol. The molecule has 0 fully saturated rings. The zero-order valence-electron chi connectivity index (χ0n) is 12.5. The number of nitro groups is 1. The van der Waals surface area contributed by atoms with Gasteiger partial charge in [0.2, 0.25) is 5.60 Å². The molecular formula is C16H11F3N2O3S. The van der Waals surface area contributed by atoms with Crippen LogP contribution in [0.5, 0.6) is 0 Å². The van der Waals surface area contributed by atoms with Gasteiger partial charge < -0.3 is 5.11 Å². The number of nitrogens with zero attached hydrogens (tertiary/aromatic N) is 2. The minimum atomic E-state index is -4.96. The first-order valence-corrected chi connectivity index (χ1v) is 7.91. The molecule has 0 amide bonds. The SMILES string of the molecule is O=[N+]([O-])c1ccc(CC(O)(c2nc3ccccc3s2)C(F)(F)F)cc1. The van der Waals surface area contributed by atoms with Gasteiger partial charge in [-0.15, -0.1) is 11.3 Å². The van der Waals surface area contributed by atoms with Crippen LogP contribution in [0.25, 0.3) is 10.2 Å². The summed E-state index contributed by atoms with van der Waals surface area (Å²) >= 11 is 0.769. The van der Waals surface area contributed by atoms with Crippen molar-refractivity contribution in [3.8, 4) is 0 Å². The van der Waals surface area contributed by atoms with E-state index in [9.17, 15) is 28.4 Å². The van der Waals surface area contributed by atoms with E-state index in [1.807, 2.05) is 0 Å². The first-order valence-electron chi connectivity index (χ1n) is 7.09. The highest BCUT2D eigenvalue weighted by Gasteiger charge is 2.57. The second-order valence-electron chi connectivity index (χ2n) is 5.45. The molecule has 9 heteroatoms. The van der Waals surface area contributed by atoms with Gasteiger partial charge in [-0.2, -0.15) is 13.2 Å². The van der Waals surface area contributed by atoms with Gasteiger partial charge in [-0.25, -0.2) is 4.98 Å². The van der Waals surface area contributed by atoms with Crippen molar-refractivity contribution in [2.75, 3.05) is 0 Å². The number of thiazole rings is 1. The zero-order valence-corrected chi connectivity index (χ0v) is 13.3. The summed E-state index contributed by atoms with van der Waals surface area (Å²) in [4.78, 5) is 13.9. The molecule has 25 heavy (non-hydrogen) atoms. The lowest BCUT2D eigenvalue weighted by atomic mass is 9.94. The second kappa shape index (κ2) is 6.08. The first-order chi connectivity index (χ1) is 11.7. The van der Waals surface area contributed by atoms with Crippen LogP contribution in [0.15, 0.2) is 48.5 Å². The third-order valence-electron chi connectivity index (χ3n) is 3.72. The molecule has 1 heterocycles. The van der Waals surface area contributed by atoms with Gasteiger partial charge >= 0.3 is 6.18 Å². The van der Waals surface area contributed by atoms with Gasteiger partial charge in [0.15, 0.2) is 0 Å². The van der Waals surface area contributed by atoms with Crippen molar-refractivity contribution < 1.29 is 23.2 Å². The van der Waals surface area contributed by atoms with Gasteiger partial charge in [-0.1, -0.05) is 24.3 Å². The van der Waals surface area contributed by atoms with E-state index in [-0.39, 0.29) is 11.3 Å². The van der Waals surface area contributed by atoms with Crippen LogP contribution in [0.3, 0.4) is 0 Å². The second-order valence-corrected chi connectivity index (χ2v) is 6.48. The van der Waals surface area contributed by atoms with Crippen LogP contribution in [0.4, 0.5) is 18.9 Å². The van der Waals surface area contributed by atoms with Gasteiger partial charge in [-0.05, 0) is 17.7 Å². The minimum absolute atomic E-state index is 0.115. The van der Waals surface area contributed by atoms with Crippen molar-refractivity contribution in [3.05, 3.63) is 69.2 Å². The standard InChI is InChI=1S/C16H11F3N2O3S/c17-16(18,19)15(22,9-10-5-7-11(8-6-10)21(23)24)14-20-12-3-1-2-4-13(12)25-14/h1-8,22H,9H2. The van der Waals surface area contributed by atoms with Crippen molar-refractivity contribution >= 4 is 27.2 Å². The lowest BCUT2D eigenvalue weighted by Crippen LogP contribution is -2.44. The number of nitro benzene ring substituents is 1. The number of hydrogen-bond acceptors (Lipinski definition) is 5. The zero-order chi connectivity index (χ0) is 18.2. The number of fused-ring (bicyclic) bond motifs is 1. The van der Waals surface area contributed by atoms with Crippen LogP contribution in [0.2, 0.25) is 0 Å². The predicted octanol–water partition coefficient (Wildman–Crippen LogP) is 4.20. The molecule has 2 aromatic carbocycles. The summed E-state index contributed by atoms with van der Waals surface area (Å²) in [5.74, 6) is 0. The quantitative estimate of drug-likeness (QED) is 0.553. The van der Waals surface area contributed by atoms with Crippen LogP contribution in [-0.2, 0) is 12.0 Å². The largest absolute Gasteiger partial charge is 0.424 e.